The van der Waals surface area contributed by atoms with Crippen LogP contribution in [-0.2, 0) is 4.79 Å². The summed E-state index contributed by atoms with van der Waals surface area (Å²) in [7, 11) is -1.20. The van der Waals surface area contributed by atoms with E-state index in [0.717, 1.165) is 11.1 Å². The van der Waals surface area contributed by atoms with E-state index >= 15 is 0 Å². The Bertz CT molecular complexity index is 488. The Morgan fingerprint density at radius 3 is 1.68 bits per heavy atom. The third-order valence-corrected chi connectivity index (χ3v) is 9.16. The minimum atomic E-state index is -1.20. The van der Waals surface area contributed by atoms with Crippen LogP contribution in [0.5, 0.6) is 0 Å². The third kappa shape index (κ3) is 8.52. The standard InChI is InChI=1S/C22H36OP.ClH/c1-5-8-16-24(17-9-6-2,18-10-7-3)19-22(20(4)23)21-14-12-11-13-15-21;/h11-15,19H,5-10,16-18H2,1-4H3;1H/q+1;/p-1/b22-19+;. The SMILES string of the molecule is CCCC[P+](/C=C(\C(C)=O)c1ccccc1)(CCCC)CCCC.[Cl-]. The van der Waals surface area contributed by atoms with Crippen LogP contribution in [0.25, 0.3) is 5.57 Å². The highest BCUT2D eigenvalue weighted by molar-refractivity contribution is 7.79. The van der Waals surface area contributed by atoms with Gasteiger partial charge in [-0.25, -0.2) is 0 Å². The Morgan fingerprint density at radius 1 is 0.880 bits per heavy atom. The van der Waals surface area contributed by atoms with Gasteiger partial charge in [-0.3, -0.25) is 4.79 Å². The number of unbranched alkanes of at least 4 members (excludes halogenated alkanes) is 3. The van der Waals surface area contributed by atoms with E-state index in [-0.39, 0.29) is 18.2 Å². The van der Waals surface area contributed by atoms with Gasteiger partial charge in [0.15, 0.2) is 5.78 Å². The summed E-state index contributed by atoms with van der Waals surface area (Å²) in [4.78, 5) is 12.4. The van der Waals surface area contributed by atoms with Gasteiger partial charge in [0.25, 0.3) is 0 Å². The first-order valence-corrected chi connectivity index (χ1v) is 12.1. The Labute approximate surface area is 162 Å². The van der Waals surface area contributed by atoms with E-state index in [1.165, 1.54) is 57.0 Å². The van der Waals surface area contributed by atoms with E-state index in [9.17, 15) is 4.79 Å². The first-order chi connectivity index (χ1) is 11.6. The molecule has 0 heterocycles. The van der Waals surface area contributed by atoms with E-state index in [1.54, 1.807) is 6.92 Å². The number of benzene rings is 1. The molecule has 0 radical (unpaired) electrons. The van der Waals surface area contributed by atoms with Crippen LogP contribution in [0.15, 0.2) is 36.1 Å². The predicted octanol–water partition coefficient (Wildman–Crippen LogP) is 4.04. The molecule has 0 saturated heterocycles. The summed E-state index contributed by atoms with van der Waals surface area (Å²) in [6, 6.07) is 10.3. The van der Waals surface area contributed by atoms with Crippen molar-refractivity contribution in [1.82, 2.24) is 0 Å². The van der Waals surface area contributed by atoms with E-state index < -0.39 is 7.26 Å². The van der Waals surface area contributed by atoms with Crippen LogP contribution in [0, 0.1) is 0 Å². The second-order valence-electron chi connectivity index (χ2n) is 6.92. The maximum Gasteiger partial charge on any atom is 0.163 e. The largest absolute Gasteiger partial charge is 1.00 e. The summed E-state index contributed by atoms with van der Waals surface area (Å²) >= 11 is 0. The number of hydrogen-bond donors (Lipinski definition) is 0. The van der Waals surface area contributed by atoms with Crippen LogP contribution < -0.4 is 12.4 Å². The molecule has 1 rings (SSSR count). The molecule has 0 amide bonds. The Balaban J connectivity index is 0.00000576. The van der Waals surface area contributed by atoms with Crippen molar-refractivity contribution in [3.63, 3.8) is 0 Å². The quantitative estimate of drug-likeness (QED) is 0.394. The zero-order valence-electron chi connectivity index (χ0n) is 16.6. The van der Waals surface area contributed by atoms with Crippen molar-refractivity contribution in [2.45, 2.75) is 66.2 Å². The lowest BCUT2D eigenvalue weighted by Crippen LogP contribution is -3.00. The Hall–Kier alpha value is -0.650. The van der Waals surface area contributed by atoms with Crippen molar-refractivity contribution in [2.24, 2.45) is 0 Å². The van der Waals surface area contributed by atoms with Gasteiger partial charge in [0.2, 0.25) is 0 Å². The number of allylic oxidation sites excluding steroid dienone is 1. The van der Waals surface area contributed by atoms with Gasteiger partial charge in [0.05, 0.1) is 29.9 Å². The van der Waals surface area contributed by atoms with Crippen LogP contribution in [-0.4, -0.2) is 24.3 Å². The second-order valence-corrected chi connectivity index (χ2v) is 11.0. The van der Waals surface area contributed by atoms with Crippen molar-refractivity contribution in [1.29, 1.82) is 0 Å². The number of Topliss-reactive ketones (excluding diaryl/α,β-unsaturated/α-hetero) is 1. The van der Waals surface area contributed by atoms with Gasteiger partial charge in [-0.1, -0.05) is 70.4 Å². The molecule has 1 aromatic rings. The zero-order valence-corrected chi connectivity index (χ0v) is 18.2. The van der Waals surface area contributed by atoms with E-state index in [1.807, 2.05) is 18.2 Å². The van der Waals surface area contributed by atoms with Crippen molar-refractivity contribution < 1.29 is 17.2 Å². The fraction of sp³-hybridized carbons (Fsp3) is 0.591. The molecule has 0 unspecified atom stereocenters. The number of carbonyl (C=O) groups is 1. The highest BCUT2D eigenvalue weighted by Crippen LogP contribution is 2.63. The average molecular weight is 383 g/mol. The molecule has 0 N–H and O–H groups in total. The van der Waals surface area contributed by atoms with Gasteiger partial charge in [-0.15, -0.1) is 0 Å². The zero-order chi connectivity index (χ0) is 17.8. The second kappa shape index (κ2) is 13.5. The minimum absolute atomic E-state index is 0. The highest BCUT2D eigenvalue weighted by atomic mass is 35.5. The van der Waals surface area contributed by atoms with Crippen molar-refractivity contribution in [2.75, 3.05) is 18.5 Å². The lowest BCUT2D eigenvalue weighted by molar-refractivity contribution is -0.111. The maximum absolute atomic E-state index is 12.4. The molecule has 3 heteroatoms. The lowest BCUT2D eigenvalue weighted by Gasteiger charge is -2.25. The molecular weight excluding hydrogens is 347 g/mol. The van der Waals surface area contributed by atoms with Gasteiger partial charge in [-0.2, -0.15) is 0 Å². The number of hydrogen-bond acceptors (Lipinski definition) is 1. The van der Waals surface area contributed by atoms with Gasteiger partial charge in [0, 0.05) is 7.26 Å². The summed E-state index contributed by atoms with van der Waals surface area (Å²) in [5, 5.41) is 0. The number of carbonyl (C=O) groups excluding carboxylic acids is 1. The molecule has 25 heavy (non-hydrogen) atoms. The van der Waals surface area contributed by atoms with Crippen molar-refractivity contribution in [3.8, 4) is 0 Å². The molecule has 0 atom stereocenters. The first-order valence-electron chi connectivity index (χ1n) is 9.73. The van der Waals surface area contributed by atoms with Crippen molar-refractivity contribution >= 4 is 18.6 Å². The van der Waals surface area contributed by atoms with Gasteiger partial charge < -0.3 is 12.4 Å². The Kier molecular flexibility index (Phi) is 13.2. The molecule has 0 spiro atoms. The van der Waals surface area contributed by atoms with Gasteiger partial charge in [-0.05, 0) is 31.7 Å². The van der Waals surface area contributed by atoms with Crippen LogP contribution >= 0.6 is 7.26 Å². The predicted molar refractivity (Wildman–Crippen MR) is 111 cm³/mol. The monoisotopic (exact) mass is 382 g/mol. The summed E-state index contributed by atoms with van der Waals surface area (Å²) in [6.07, 6.45) is 11.5. The molecule has 142 valence electrons. The topological polar surface area (TPSA) is 17.1 Å². The number of ketones is 1. The number of halogens is 1. The maximum atomic E-state index is 12.4. The van der Waals surface area contributed by atoms with Crippen LogP contribution in [0.2, 0.25) is 0 Å². The molecule has 1 nitrogen and oxygen atoms in total. The van der Waals surface area contributed by atoms with Crippen LogP contribution in [0.3, 0.4) is 0 Å². The normalized spacial score (nSPS) is 11.9. The first kappa shape index (κ1) is 24.4. The number of rotatable bonds is 12. The minimum Gasteiger partial charge on any atom is -1.00 e. The molecule has 0 aliphatic rings. The average Bonchev–Trinajstić information content (AvgIpc) is 2.61. The summed E-state index contributed by atoms with van der Waals surface area (Å²) in [5.41, 5.74) is 2.06. The van der Waals surface area contributed by atoms with Crippen molar-refractivity contribution in [3.05, 3.63) is 41.7 Å². The highest BCUT2D eigenvalue weighted by Gasteiger charge is 2.34. The van der Waals surface area contributed by atoms with E-state index in [2.05, 4.69) is 38.7 Å². The molecule has 0 aromatic heterocycles. The molecule has 0 fully saturated rings. The fourth-order valence-electron chi connectivity index (χ4n) is 3.21. The summed E-state index contributed by atoms with van der Waals surface area (Å²) in [5.74, 6) is 2.68. The van der Waals surface area contributed by atoms with Gasteiger partial charge in [0.1, 0.15) is 0 Å². The van der Waals surface area contributed by atoms with E-state index in [0.29, 0.717) is 0 Å². The summed E-state index contributed by atoms with van der Waals surface area (Å²) < 4.78 is 0. The van der Waals surface area contributed by atoms with Crippen LogP contribution in [0.1, 0.15) is 71.8 Å². The van der Waals surface area contributed by atoms with Crippen LogP contribution in [0.4, 0.5) is 0 Å². The molecule has 0 aliphatic heterocycles. The Morgan fingerprint density at radius 2 is 1.32 bits per heavy atom. The molecule has 1 aromatic carbocycles. The van der Waals surface area contributed by atoms with E-state index in [4.69, 9.17) is 0 Å². The third-order valence-electron chi connectivity index (χ3n) is 4.74. The molecule has 0 bridgehead atoms. The lowest BCUT2D eigenvalue weighted by atomic mass is 10.1. The fourth-order valence-corrected chi connectivity index (χ4v) is 7.98. The molecular formula is C22H36ClOP. The summed E-state index contributed by atoms with van der Waals surface area (Å²) in [6.45, 7) is 8.57. The molecule has 0 aliphatic carbocycles. The van der Waals surface area contributed by atoms with Gasteiger partial charge >= 0.3 is 0 Å². The molecule has 0 saturated carbocycles. The smallest absolute Gasteiger partial charge is 0.163 e.